The molecule has 0 unspecified atom stereocenters. The van der Waals surface area contributed by atoms with E-state index in [0.29, 0.717) is 5.11 Å². The molecule has 1 amide bonds. The smallest absolute Gasteiger partial charge is 0.407 e. The van der Waals surface area contributed by atoms with Crippen molar-refractivity contribution in [2.75, 3.05) is 7.05 Å². The van der Waals surface area contributed by atoms with Crippen molar-refractivity contribution in [3.05, 3.63) is 0 Å². The number of carbonyl (C=O) groups is 1. The zero-order valence-electron chi connectivity index (χ0n) is 12.2. The van der Waals surface area contributed by atoms with E-state index in [1.807, 2.05) is 0 Å². The zero-order valence-corrected chi connectivity index (χ0v) is 13.0. The van der Waals surface area contributed by atoms with Gasteiger partial charge in [-0.25, -0.2) is 4.79 Å². The summed E-state index contributed by atoms with van der Waals surface area (Å²) < 4.78 is 5.70. The van der Waals surface area contributed by atoms with Crippen molar-refractivity contribution < 1.29 is 9.53 Å². The van der Waals surface area contributed by atoms with Gasteiger partial charge in [-0.3, -0.25) is 0 Å². The minimum Gasteiger partial charge on any atom is -0.442 e. The molecule has 0 heterocycles. The lowest BCUT2D eigenvalue weighted by atomic mass is 9.67. The molecule has 0 spiro atoms. The molecular formula is C13H25N3O2S. The van der Waals surface area contributed by atoms with Crippen LogP contribution < -0.4 is 16.4 Å². The Morgan fingerprint density at radius 1 is 1.37 bits per heavy atom. The normalized spacial score (nSPS) is 27.5. The molecule has 0 aromatic carbocycles. The van der Waals surface area contributed by atoms with Crippen molar-refractivity contribution in [3.8, 4) is 0 Å². The first-order valence-corrected chi connectivity index (χ1v) is 7.08. The van der Waals surface area contributed by atoms with Crippen molar-refractivity contribution in [3.63, 3.8) is 0 Å². The Morgan fingerprint density at radius 2 is 1.89 bits per heavy atom. The van der Waals surface area contributed by atoms with E-state index in [-0.39, 0.29) is 17.6 Å². The maximum atomic E-state index is 11.6. The number of thiocarbonyl (C=S) groups is 1. The molecule has 0 atom stereocenters. The predicted octanol–water partition coefficient (Wildman–Crippen LogP) is 1.90. The summed E-state index contributed by atoms with van der Waals surface area (Å²) in [6.07, 6.45) is 3.04. The van der Waals surface area contributed by atoms with Gasteiger partial charge in [0.15, 0.2) is 5.11 Å². The van der Waals surface area contributed by atoms with E-state index in [4.69, 9.17) is 22.7 Å². The lowest BCUT2D eigenvalue weighted by molar-refractivity contribution is -0.0946. The molecule has 6 heteroatoms. The summed E-state index contributed by atoms with van der Waals surface area (Å²) in [6, 6.07) is 0.279. The van der Waals surface area contributed by atoms with E-state index in [0.717, 1.165) is 25.7 Å². The molecule has 1 rings (SSSR count). The fourth-order valence-electron chi connectivity index (χ4n) is 2.66. The molecule has 1 aliphatic carbocycles. The van der Waals surface area contributed by atoms with Crippen LogP contribution in [0.25, 0.3) is 0 Å². The molecule has 0 aromatic rings. The molecule has 5 nitrogen and oxygen atoms in total. The van der Waals surface area contributed by atoms with Gasteiger partial charge in [-0.2, -0.15) is 0 Å². The predicted molar refractivity (Wildman–Crippen MR) is 79.9 cm³/mol. The standard InChI is InChI=1S/C13H25N3O2S/c1-12(2,3)13(18-11(17)15-4)7-5-9(6-8-13)16-10(14)19/h9H,5-8H2,1-4H3,(H,15,17)(H3,14,16,19). The van der Waals surface area contributed by atoms with Crippen molar-refractivity contribution in [1.82, 2.24) is 10.6 Å². The minimum absolute atomic E-state index is 0.103. The Bertz CT molecular complexity index is 344. The number of nitrogens with one attached hydrogen (secondary N) is 2. The quantitative estimate of drug-likeness (QED) is 0.676. The summed E-state index contributed by atoms with van der Waals surface area (Å²) in [5, 5.41) is 5.96. The van der Waals surface area contributed by atoms with Crippen molar-refractivity contribution in [2.45, 2.75) is 58.1 Å². The van der Waals surface area contributed by atoms with Crippen molar-refractivity contribution >= 4 is 23.4 Å². The van der Waals surface area contributed by atoms with Crippen LogP contribution in [0.15, 0.2) is 0 Å². The SMILES string of the molecule is CNC(=O)OC1(C(C)(C)C)CCC(NC(N)=S)CC1. The van der Waals surface area contributed by atoms with Crippen LogP contribution in [0, 0.1) is 5.41 Å². The largest absolute Gasteiger partial charge is 0.442 e. The van der Waals surface area contributed by atoms with E-state index in [2.05, 4.69) is 31.4 Å². The van der Waals surface area contributed by atoms with Gasteiger partial charge in [0, 0.05) is 18.5 Å². The molecule has 0 aliphatic heterocycles. The number of alkyl carbamates (subject to hydrolysis) is 1. The van der Waals surface area contributed by atoms with Crippen LogP contribution in [0.5, 0.6) is 0 Å². The lowest BCUT2D eigenvalue weighted by Gasteiger charge is -2.48. The second-order valence-corrected chi connectivity index (χ2v) is 6.61. The van der Waals surface area contributed by atoms with Gasteiger partial charge in [-0.15, -0.1) is 0 Å². The summed E-state index contributed by atoms with van der Waals surface area (Å²) in [7, 11) is 1.58. The Kier molecular flexibility index (Phi) is 5.01. The number of ether oxygens (including phenoxy) is 1. The molecule has 110 valence electrons. The van der Waals surface area contributed by atoms with Gasteiger partial charge in [-0.1, -0.05) is 20.8 Å². The first kappa shape index (κ1) is 16.0. The van der Waals surface area contributed by atoms with E-state index in [9.17, 15) is 4.79 Å². The number of nitrogens with two attached hydrogens (primary N) is 1. The minimum atomic E-state index is -0.429. The summed E-state index contributed by atoms with van der Waals surface area (Å²) in [6.45, 7) is 6.33. The highest BCUT2D eigenvalue weighted by atomic mass is 32.1. The third-order valence-corrected chi connectivity index (χ3v) is 4.12. The second-order valence-electron chi connectivity index (χ2n) is 6.17. The topological polar surface area (TPSA) is 76.4 Å². The van der Waals surface area contributed by atoms with Gasteiger partial charge < -0.3 is 21.1 Å². The average Bonchev–Trinajstić information content (AvgIpc) is 2.29. The fraction of sp³-hybridized carbons (Fsp3) is 0.846. The fourth-order valence-corrected chi connectivity index (χ4v) is 2.83. The highest BCUT2D eigenvalue weighted by Crippen LogP contribution is 2.45. The molecule has 0 saturated heterocycles. The molecule has 4 N–H and O–H groups in total. The monoisotopic (exact) mass is 287 g/mol. The summed E-state index contributed by atoms with van der Waals surface area (Å²) >= 11 is 4.87. The number of carbonyl (C=O) groups excluding carboxylic acids is 1. The number of rotatable bonds is 2. The third-order valence-electron chi connectivity index (χ3n) is 4.00. The number of hydrogen-bond donors (Lipinski definition) is 3. The van der Waals surface area contributed by atoms with Crippen molar-refractivity contribution in [2.24, 2.45) is 11.1 Å². The van der Waals surface area contributed by atoms with Crippen molar-refractivity contribution in [1.29, 1.82) is 0 Å². The summed E-state index contributed by atoms with van der Waals surface area (Å²) in [4.78, 5) is 11.6. The lowest BCUT2D eigenvalue weighted by Crippen LogP contribution is -2.53. The molecule has 19 heavy (non-hydrogen) atoms. The number of hydrogen-bond acceptors (Lipinski definition) is 3. The molecule has 1 aliphatic rings. The summed E-state index contributed by atoms with van der Waals surface area (Å²) in [5.41, 5.74) is 4.97. The van der Waals surface area contributed by atoms with E-state index in [1.54, 1.807) is 7.05 Å². The van der Waals surface area contributed by atoms with E-state index < -0.39 is 5.60 Å². The number of amides is 1. The van der Waals surface area contributed by atoms with Crippen LogP contribution in [0.1, 0.15) is 46.5 Å². The van der Waals surface area contributed by atoms with Gasteiger partial charge in [0.2, 0.25) is 0 Å². The Balaban J connectivity index is 2.75. The third kappa shape index (κ3) is 3.96. The highest BCUT2D eigenvalue weighted by Gasteiger charge is 2.47. The highest BCUT2D eigenvalue weighted by molar-refractivity contribution is 7.80. The van der Waals surface area contributed by atoms with Gasteiger partial charge >= 0.3 is 6.09 Å². The molecule has 0 radical (unpaired) electrons. The Labute approximate surface area is 120 Å². The average molecular weight is 287 g/mol. The van der Waals surface area contributed by atoms with Crippen LogP contribution in [0.4, 0.5) is 4.79 Å². The van der Waals surface area contributed by atoms with Crippen LogP contribution in [-0.4, -0.2) is 29.9 Å². The molecular weight excluding hydrogens is 262 g/mol. The van der Waals surface area contributed by atoms with Gasteiger partial charge in [-0.05, 0) is 37.9 Å². The molecule has 0 bridgehead atoms. The van der Waals surface area contributed by atoms with Gasteiger partial charge in [0.25, 0.3) is 0 Å². The summed E-state index contributed by atoms with van der Waals surface area (Å²) in [5.74, 6) is 0. The maximum absolute atomic E-state index is 11.6. The first-order valence-electron chi connectivity index (χ1n) is 6.67. The van der Waals surface area contributed by atoms with Crippen LogP contribution in [0.3, 0.4) is 0 Å². The van der Waals surface area contributed by atoms with Crippen LogP contribution >= 0.6 is 12.2 Å². The van der Waals surface area contributed by atoms with E-state index >= 15 is 0 Å². The molecule has 1 fully saturated rings. The molecule has 1 saturated carbocycles. The Morgan fingerprint density at radius 3 is 2.26 bits per heavy atom. The van der Waals surface area contributed by atoms with E-state index in [1.165, 1.54) is 0 Å². The van der Waals surface area contributed by atoms with Gasteiger partial charge in [0.1, 0.15) is 5.60 Å². The maximum Gasteiger partial charge on any atom is 0.407 e. The van der Waals surface area contributed by atoms with Crippen LogP contribution in [0.2, 0.25) is 0 Å². The first-order chi connectivity index (χ1) is 8.70. The molecule has 0 aromatic heterocycles. The zero-order chi connectivity index (χ0) is 14.7. The van der Waals surface area contributed by atoms with Crippen LogP contribution in [-0.2, 0) is 4.74 Å². The van der Waals surface area contributed by atoms with Gasteiger partial charge in [0.05, 0.1) is 0 Å². The second kappa shape index (κ2) is 5.94. The Hall–Kier alpha value is -1.04.